The van der Waals surface area contributed by atoms with Gasteiger partial charge in [0.05, 0.1) is 18.5 Å². The van der Waals surface area contributed by atoms with E-state index < -0.39 is 0 Å². The number of hydrogen-bond acceptors (Lipinski definition) is 5. The molecule has 2 aromatic carbocycles. The number of nitrogens with zero attached hydrogens (tertiary/aromatic N) is 4. The Hall–Kier alpha value is -3.68. The SMILES string of the molecule is CNC(=O)CC1(c2ccc(N3CCc4nnn(-c5ccc(OC)cc5)c4C3=O)cc2)CCCC1. The van der Waals surface area contributed by atoms with Crippen LogP contribution in [0.25, 0.3) is 5.69 Å². The van der Waals surface area contributed by atoms with E-state index in [9.17, 15) is 9.59 Å². The second kappa shape index (κ2) is 8.93. The van der Waals surface area contributed by atoms with Crippen LogP contribution in [-0.4, -0.2) is 47.5 Å². The van der Waals surface area contributed by atoms with Gasteiger partial charge >= 0.3 is 0 Å². The van der Waals surface area contributed by atoms with Crippen LogP contribution in [0.1, 0.15) is 53.8 Å². The lowest BCUT2D eigenvalue weighted by molar-refractivity contribution is -0.121. The van der Waals surface area contributed by atoms with E-state index in [2.05, 4.69) is 27.8 Å². The van der Waals surface area contributed by atoms with Gasteiger partial charge in [0.1, 0.15) is 5.75 Å². The molecule has 3 aromatic rings. The highest BCUT2D eigenvalue weighted by molar-refractivity contribution is 6.07. The minimum Gasteiger partial charge on any atom is -0.497 e. The molecule has 0 radical (unpaired) electrons. The fraction of sp³-hybridized carbons (Fsp3) is 0.385. The second-order valence-corrected chi connectivity index (χ2v) is 9.09. The van der Waals surface area contributed by atoms with Crippen LogP contribution in [0.2, 0.25) is 0 Å². The molecular formula is C26H29N5O3. The number of benzene rings is 2. The summed E-state index contributed by atoms with van der Waals surface area (Å²) in [5.74, 6) is 0.696. The summed E-state index contributed by atoms with van der Waals surface area (Å²) in [4.78, 5) is 27.5. The molecule has 0 spiro atoms. The van der Waals surface area contributed by atoms with Crippen molar-refractivity contribution in [1.29, 1.82) is 0 Å². The zero-order chi connectivity index (χ0) is 23.7. The summed E-state index contributed by atoms with van der Waals surface area (Å²) in [5, 5.41) is 11.3. The van der Waals surface area contributed by atoms with Crippen LogP contribution in [0.3, 0.4) is 0 Å². The maximum absolute atomic E-state index is 13.5. The van der Waals surface area contributed by atoms with Crippen LogP contribution in [-0.2, 0) is 16.6 Å². The lowest BCUT2D eigenvalue weighted by Gasteiger charge is -2.31. The fourth-order valence-corrected chi connectivity index (χ4v) is 5.30. The lowest BCUT2D eigenvalue weighted by Crippen LogP contribution is -2.39. The number of aromatic nitrogens is 3. The van der Waals surface area contributed by atoms with Gasteiger partial charge in [0.2, 0.25) is 5.91 Å². The number of amides is 2. The van der Waals surface area contributed by atoms with Crippen molar-refractivity contribution in [3.8, 4) is 11.4 Å². The van der Waals surface area contributed by atoms with Gasteiger partial charge in [-0.05, 0) is 54.8 Å². The summed E-state index contributed by atoms with van der Waals surface area (Å²) in [6.07, 6.45) is 5.43. The summed E-state index contributed by atoms with van der Waals surface area (Å²) in [6.45, 7) is 0.551. The minimum atomic E-state index is -0.116. The summed E-state index contributed by atoms with van der Waals surface area (Å²) in [5.41, 5.74) is 3.87. The molecule has 1 N–H and O–H groups in total. The number of anilines is 1. The highest BCUT2D eigenvalue weighted by atomic mass is 16.5. The Morgan fingerprint density at radius 2 is 1.74 bits per heavy atom. The van der Waals surface area contributed by atoms with Crippen molar-refractivity contribution in [2.75, 3.05) is 25.6 Å². The molecule has 1 aromatic heterocycles. The zero-order valence-electron chi connectivity index (χ0n) is 19.6. The Morgan fingerprint density at radius 3 is 2.38 bits per heavy atom. The zero-order valence-corrected chi connectivity index (χ0v) is 19.6. The van der Waals surface area contributed by atoms with Gasteiger partial charge in [-0.2, -0.15) is 0 Å². The van der Waals surface area contributed by atoms with Crippen molar-refractivity contribution in [1.82, 2.24) is 20.3 Å². The van der Waals surface area contributed by atoms with Crippen molar-refractivity contribution in [3.63, 3.8) is 0 Å². The van der Waals surface area contributed by atoms with Crippen LogP contribution in [0.4, 0.5) is 5.69 Å². The average Bonchev–Trinajstić information content (AvgIpc) is 3.53. The molecule has 5 rings (SSSR count). The highest BCUT2D eigenvalue weighted by Gasteiger charge is 2.38. The van der Waals surface area contributed by atoms with Crippen LogP contribution >= 0.6 is 0 Å². The maximum Gasteiger partial charge on any atom is 0.278 e. The van der Waals surface area contributed by atoms with Crippen molar-refractivity contribution in [2.24, 2.45) is 0 Å². The largest absolute Gasteiger partial charge is 0.497 e. The number of hydrogen-bond donors (Lipinski definition) is 1. The number of rotatable bonds is 6. The van der Waals surface area contributed by atoms with Gasteiger partial charge in [0.15, 0.2) is 5.69 Å². The molecule has 2 heterocycles. The number of carbonyl (C=O) groups excluding carboxylic acids is 2. The Labute approximate surface area is 198 Å². The van der Waals surface area contributed by atoms with Crippen molar-refractivity contribution in [3.05, 3.63) is 65.5 Å². The Morgan fingerprint density at radius 1 is 1.06 bits per heavy atom. The number of fused-ring (bicyclic) bond motifs is 1. The van der Waals surface area contributed by atoms with Gasteiger partial charge in [0.25, 0.3) is 5.91 Å². The van der Waals surface area contributed by atoms with Crippen molar-refractivity contribution < 1.29 is 14.3 Å². The molecular weight excluding hydrogens is 430 g/mol. The third-order valence-electron chi connectivity index (χ3n) is 7.21. The van der Waals surface area contributed by atoms with Crippen molar-refractivity contribution in [2.45, 2.75) is 43.9 Å². The maximum atomic E-state index is 13.5. The molecule has 1 aliphatic carbocycles. The first kappa shape index (κ1) is 22.1. The van der Waals surface area contributed by atoms with Crippen LogP contribution in [0.15, 0.2) is 48.5 Å². The predicted molar refractivity (Wildman–Crippen MR) is 129 cm³/mol. The summed E-state index contributed by atoms with van der Waals surface area (Å²) >= 11 is 0. The molecule has 8 nitrogen and oxygen atoms in total. The second-order valence-electron chi connectivity index (χ2n) is 9.09. The first-order valence-electron chi connectivity index (χ1n) is 11.8. The fourth-order valence-electron chi connectivity index (χ4n) is 5.30. The first-order valence-corrected chi connectivity index (χ1v) is 11.8. The number of ether oxygens (including phenoxy) is 1. The molecule has 0 atom stereocenters. The van der Waals surface area contributed by atoms with E-state index in [0.717, 1.165) is 42.8 Å². The normalized spacial score (nSPS) is 16.9. The van der Waals surface area contributed by atoms with Gasteiger partial charge in [-0.15, -0.1) is 5.10 Å². The lowest BCUT2D eigenvalue weighted by atomic mass is 9.76. The molecule has 8 heteroatoms. The van der Waals surface area contributed by atoms with Crippen molar-refractivity contribution >= 4 is 17.5 Å². The number of nitrogens with one attached hydrogen (secondary N) is 1. The third kappa shape index (κ3) is 3.83. The van der Waals surface area contributed by atoms with E-state index in [4.69, 9.17) is 4.74 Å². The van der Waals surface area contributed by atoms with Gasteiger partial charge < -0.3 is 15.0 Å². The topological polar surface area (TPSA) is 89.3 Å². The molecule has 0 unspecified atom stereocenters. The van der Waals surface area contributed by atoms with Crippen LogP contribution < -0.4 is 15.0 Å². The number of carbonyl (C=O) groups is 2. The molecule has 1 aliphatic heterocycles. The van der Waals surface area contributed by atoms with Gasteiger partial charge in [-0.25, -0.2) is 4.68 Å². The van der Waals surface area contributed by atoms with E-state index in [1.54, 1.807) is 23.7 Å². The smallest absolute Gasteiger partial charge is 0.278 e. The van der Waals surface area contributed by atoms with E-state index in [0.29, 0.717) is 30.8 Å². The quantitative estimate of drug-likeness (QED) is 0.610. The molecule has 1 fully saturated rings. The third-order valence-corrected chi connectivity index (χ3v) is 7.21. The molecule has 2 aliphatic rings. The van der Waals surface area contributed by atoms with E-state index in [-0.39, 0.29) is 17.2 Å². The monoisotopic (exact) mass is 459 g/mol. The average molecular weight is 460 g/mol. The molecule has 34 heavy (non-hydrogen) atoms. The summed E-state index contributed by atoms with van der Waals surface area (Å²) < 4.78 is 6.84. The molecule has 0 saturated heterocycles. The van der Waals surface area contributed by atoms with Crippen LogP contribution in [0.5, 0.6) is 5.75 Å². The standard InChI is InChI=1S/C26H29N5O3/c1-27-23(32)17-26(14-3-4-15-26)18-5-7-19(8-6-18)30-16-13-22-24(25(30)33)31(29-28-22)20-9-11-21(34-2)12-10-20/h5-12H,3-4,13-17H2,1-2H3,(H,27,32). The Balaban J connectivity index is 1.42. The van der Waals surface area contributed by atoms with Gasteiger partial charge in [-0.1, -0.05) is 30.2 Å². The minimum absolute atomic E-state index is 0.0732. The molecule has 1 saturated carbocycles. The van der Waals surface area contributed by atoms with Crippen LogP contribution in [0, 0.1) is 0 Å². The first-order chi connectivity index (χ1) is 16.5. The van der Waals surface area contributed by atoms with E-state index in [1.807, 2.05) is 36.4 Å². The van der Waals surface area contributed by atoms with Gasteiger partial charge in [0, 0.05) is 37.5 Å². The van der Waals surface area contributed by atoms with E-state index in [1.165, 1.54) is 5.56 Å². The molecule has 2 amide bonds. The Kier molecular flexibility index (Phi) is 5.81. The summed E-state index contributed by atoms with van der Waals surface area (Å²) in [6, 6.07) is 15.6. The predicted octanol–water partition coefficient (Wildman–Crippen LogP) is 3.43. The van der Waals surface area contributed by atoms with Gasteiger partial charge in [-0.3, -0.25) is 9.59 Å². The number of methoxy groups -OCH3 is 1. The summed E-state index contributed by atoms with van der Waals surface area (Å²) in [7, 11) is 3.31. The van der Waals surface area contributed by atoms with E-state index >= 15 is 0 Å². The molecule has 0 bridgehead atoms. The molecule has 176 valence electrons. The highest BCUT2D eigenvalue weighted by Crippen LogP contribution is 2.44. The Bertz CT molecular complexity index is 1190.